The Kier molecular flexibility index (Phi) is 6.80. The van der Waals surface area contributed by atoms with Crippen molar-refractivity contribution in [2.75, 3.05) is 0 Å². The molecule has 0 radical (unpaired) electrons. The highest BCUT2D eigenvalue weighted by molar-refractivity contribution is 5.67. The Balaban J connectivity index is 2.94. The van der Waals surface area contributed by atoms with Gasteiger partial charge in [-0.15, -0.1) is 0 Å². The van der Waals surface area contributed by atoms with Crippen LogP contribution in [0.3, 0.4) is 0 Å². The summed E-state index contributed by atoms with van der Waals surface area (Å²) in [5.41, 5.74) is 6.76. The number of rotatable bonds is 5. The molecular weight excluding hydrogens is 270 g/mol. The van der Waals surface area contributed by atoms with E-state index in [-0.39, 0.29) is 5.41 Å². The van der Waals surface area contributed by atoms with Crippen LogP contribution in [0, 0.1) is 5.41 Å². The first kappa shape index (κ1) is 18.4. The first-order chi connectivity index (χ1) is 10.3. The van der Waals surface area contributed by atoms with Crippen LogP contribution in [0.4, 0.5) is 0 Å². The fraction of sp³-hybridized carbons (Fsp3) is 0.476. The maximum atomic E-state index is 10.4. The molecule has 0 spiro atoms. The lowest BCUT2D eigenvalue weighted by Crippen LogP contribution is -2.19. The van der Waals surface area contributed by atoms with Gasteiger partial charge < -0.3 is 0 Å². The molecule has 1 heteroatoms. The van der Waals surface area contributed by atoms with Crippen molar-refractivity contribution in [3.8, 4) is 0 Å². The molecule has 0 amide bonds. The van der Waals surface area contributed by atoms with E-state index in [0.29, 0.717) is 0 Å². The minimum Gasteiger partial charge on any atom is -0.299 e. The second-order valence-electron chi connectivity index (χ2n) is 7.01. The molecule has 0 aromatic heterocycles. The van der Waals surface area contributed by atoms with Gasteiger partial charge in [0.15, 0.2) is 0 Å². The van der Waals surface area contributed by atoms with Gasteiger partial charge in [0.05, 0.1) is 0 Å². The van der Waals surface area contributed by atoms with Gasteiger partial charge in [-0.2, -0.15) is 0 Å². The number of allylic oxidation sites excluding steroid dienone is 10. The topological polar surface area (TPSA) is 17.1 Å². The molecule has 0 aromatic carbocycles. The monoisotopic (exact) mass is 300 g/mol. The van der Waals surface area contributed by atoms with Gasteiger partial charge in [0.1, 0.15) is 6.29 Å². The summed E-state index contributed by atoms with van der Waals surface area (Å²) in [5, 5.41) is 0. The van der Waals surface area contributed by atoms with Crippen molar-refractivity contribution < 1.29 is 4.79 Å². The maximum absolute atomic E-state index is 10.4. The lowest BCUT2D eigenvalue weighted by molar-refractivity contribution is -0.104. The van der Waals surface area contributed by atoms with Crippen molar-refractivity contribution in [2.45, 2.75) is 60.8 Å². The number of carbonyl (C=O) groups is 1. The first-order valence-electron chi connectivity index (χ1n) is 8.14. The molecule has 0 saturated heterocycles. The van der Waals surface area contributed by atoms with Crippen molar-refractivity contribution in [1.29, 1.82) is 0 Å². The van der Waals surface area contributed by atoms with Gasteiger partial charge in [-0.1, -0.05) is 43.7 Å². The molecule has 0 unspecified atom stereocenters. The van der Waals surface area contributed by atoms with E-state index < -0.39 is 0 Å². The largest absolute Gasteiger partial charge is 0.299 e. The van der Waals surface area contributed by atoms with Crippen LogP contribution >= 0.6 is 0 Å². The summed E-state index contributed by atoms with van der Waals surface area (Å²) in [6, 6.07) is 0. The van der Waals surface area contributed by atoms with Crippen LogP contribution < -0.4 is 0 Å². The molecule has 0 N–H and O–H groups in total. The van der Waals surface area contributed by atoms with Crippen molar-refractivity contribution in [3.63, 3.8) is 0 Å². The Labute approximate surface area is 136 Å². The van der Waals surface area contributed by atoms with Crippen LogP contribution in [0.1, 0.15) is 60.8 Å². The van der Waals surface area contributed by atoms with Crippen LogP contribution in [0.2, 0.25) is 0 Å². The summed E-state index contributed by atoms with van der Waals surface area (Å²) >= 11 is 0. The summed E-state index contributed by atoms with van der Waals surface area (Å²) < 4.78 is 0. The van der Waals surface area contributed by atoms with Gasteiger partial charge in [-0.05, 0) is 80.7 Å². The summed E-state index contributed by atoms with van der Waals surface area (Å²) in [4.78, 5) is 10.4. The predicted octanol–water partition coefficient (Wildman–Crippen LogP) is 6.11. The van der Waals surface area contributed by atoms with Crippen molar-refractivity contribution in [1.82, 2.24) is 0 Å². The van der Waals surface area contributed by atoms with E-state index >= 15 is 0 Å². The second kappa shape index (κ2) is 8.12. The van der Waals surface area contributed by atoms with Crippen LogP contribution in [0.15, 0.2) is 58.2 Å². The zero-order chi connectivity index (χ0) is 16.8. The molecule has 1 aliphatic carbocycles. The smallest absolute Gasteiger partial charge is 0.143 e. The zero-order valence-corrected chi connectivity index (χ0v) is 15.0. The summed E-state index contributed by atoms with van der Waals surface area (Å²) in [6.07, 6.45) is 14.8. The van der Waals surface area contributed by atoms with Crippen LogP contribution in [-0.2, 0) is 4.79 Å². The van der Waals surface area contributed by atoms with E-state index in [0.717, 1.165) is 11.9 Å². The van der Waals surface area contributed by atoms with Crippen molar-refractivity contribution in [2.24, 2.45) is 5.41 Å². The molecule has 0 bridgehead atoms. The van der Waals surface area contributed by atoms with Gasteiger partial charge in [-0.3, -0.25) is 4.79 Å². The molecule has 1 aliphatic rings. The molecule has 0 saturated carbocycles. The van der Waals surface area contributed by atoms with Crippen molar-refractivity contribution >= 4 is 6.29 Å². The standard InChI is InChI=1S/C21H30O/c1-16(13-15-22)9-10-17(2)18(3)11-12-20-19(4)8-7-14-21(20,5)6/h9-13,15H,7-8,14H2,1-6H3/b10-9+,12-11+,16-13+,18-17+/i2+1,16+1. The van der Waals surface area contributed by atoms with Gasteiger partial charge >= 0.3 is 0 Å². The highest BCUT2D eigenvalue weighted by Crippen LogP contribution is 2.40. The molecule has 120 valence electrons. The average molecular weight is 300 g/mol. The Morgan fingerprint density at radius 3 is 2.27 bits per heavy atom. The minimum atomic E-state index is 0.284. The summed E-state index contributed by atoms with van der Waals surface area (Å²) in [7, 11) is 0. The van der Waals surface area contributed by atoms with E-state index in [1.807, 2.05) is 13.0 Å². The van der Waals surface area contributed by atoms with E-state index in [4.69, 9.17) is 0 Å². The Bertz CT molecular complexity index is 563. The van der Waals surface area contributed by atoms with Gasteiger partial charge in [0.25, 0.3) is 0 Å². The number of carbonyl (C=O) groups excluding carboxylic acids is 1. The SMILES string of the molecule is CC1=C(/C=C/C(C)=C([13CH3])/C=C/[13C](C)=C/C=O)C(C)(C)CCC1. The van der Waals surface area contributed by atoms with E-state index in [9.17, 15) is 4.79 Å². The second-order valence-corrected chi connectivity index (χ2v) is 7.01. The van der Waals surface area contributed by atoms with Gasteiger partial charge in [0, 0.05) is 0 Å². The average Bonchev–Trinajstić information content (AvgIpc) is 2.43. The Morgan fingerprint density at radius 1 is 1.05 bits per heavy atom. The highest BCUT2D eigenvalue weighted by Gasteiger charge is 2.26. The number of aldehydes is 1. The Morgan fingerprint density at radius 2 is 1.68 bits per heavy atom. The quantitative estimate of drug-likeness (QED) is 0.259. The molecular formula is C21H30O. The molecule has 0 aromatic rings. The van der Waals surface area contributed by atoms with E-state index in [1.165, 1.54) is 41.6 Å². The molecule has 0 heterocycles. The molecule has 22 heavy (non-hydrogen) atoms. The summed E-state index contributed by atoms with van der Waals surface area (Å²) in [6.45, 7) is 13.1. The third-order valence-corrected chi connectivity index (χ3v) is 4.59. The zero-order valence-electron chi connectivity index (χ0n) is 15.0. The molecule has 0 aliphatic heterocycles. The third-order valence-electron chi connectivity index (χ3n) is 4.59. The number of hydrogen-bond acceptors (Lipinski definition) is 1. The lowest BCUT2D eigenvalue weighted by Gasteiger charge is -2.33. The molecule has 1 rings (SSSR count). The summed E-state index contributed by atoms with van der Waals surface area (Å²) in [5.74, 6) is 0. The molecule has 0 atom stereocenters. The lowest BCUT2D eigenvalue weighted by atomic mass is 9.72. The number of hydrogen-bond donors (Lipinski definition) is 0. The Hall–Kier alpha value is -1.63. The minimum absolute atomic E-state index is 0.284. The highest BCUT2D eigenvalue weighted by atomic mass is 16.1. The van der Waals surface area contributed by atoms with Gasteiger partial charge in [0.2, 0.25) is 0 Å². The third kappa shape index (κ3) is 5.29. The molecule has 0 fully saturated rings. The fourth-order valence-electron chi connectivity index (χ4n) is 2.90. The first-order valence-corrected chi connectivity index (χ1v) is 8.14. The van der Waals surface area contributed by atoms with Crippen molar-refractivity contribution in [3.05, 3.63) is 58.2 Å². The van der Waals surface area contributed by atoms with Crippen LogP contribution in [0.5, 0.6) is 0 Å². The maximum Gasteiger partial charge on any atom is 0.143 e. The van der Waals surface area contributed by atoms with Crippen LogP contribution in [0.25, 0.3) is 0 Å². The van der Waals surface area contributed by atoms with E-state index in [2.05, 4.69) is 52.8 Å². The van der Waals surface area contributed by atoms with Gasteiger partial charge in [-0.25, -0.2) is 0 Å². The van der Waals surface area contributed by atoms with Crippen LogP contribution in [-0.4, -0.2) is 6.29 Å². The predicted molar refractivity (Wildman–Crippen MR) is 96.8 cm³/mol. The fourth-order valence-corrected chi connectivity index (χ4v) is 2.90. The van der Waals surface area contributed by atoms with E-state index in [1.54, 1.807) is 6.08 Å². The normalized spacial score (nSPS) is 20.7. The molecule has 1 nitrogen and oxygen atoms in total.